The zero-order valence-corrected chi connectivity index (χ0v) is 13.8. The Hall–Kier alpha value is -2.13. The van der Waals surface area contributed by atoms with E-state index in [0.29, 0.717) is 5.56 Å². The lowest BCUT2D eigenvalue weighted by molar-refractivity contribution is 0.0600. The number of nitrogens with zero attached hydrogens (tertiary/aromatic N) is 1. The Morgan fingerprint density at radius 3 is 2.65 bits per heavy atom. The van der Waals surface area contributed by atoms with Crippen LogP contribution in [0.25, 0.3) is 0 Å². The van der Waals surface area contributed by atoms with Crippen molar-refractivity contribution < 1.29 is 9.53 Å². The summed E-state index contributed by atoms with van der Waals surface area (Å²) in [5, 5.41) is 0. The molecular weight excluding hydrogens is 286 g/mol. The maximum absolute atomic E-state index is 11.5. The first-order chi connectivity index (χ1) is 11.2. The average molecular weight is 309 g/mol. The second-order valence-electron chi connectivity index (χ2n) is 6.06. The fourth-order valence-corrected chi connectivity index (χ4v) is 3.34. The van der Waals surface area contributed by atoms with E-state index in [4.69, 9.17) is 4.74 Å². The minimum atomic E-state index is -0.282. The molecule has 3 rings (SSSR count). The summed E-state index contributed by atoms with van der Waals surface area (Å²) in [4.78, 5) is 13.9. The highest BCUT2D eigenvalue weighted by Gasteiger charge is 2.18. The van der Waals surface area contributed by atoms with Gasteiger partial charge in [-0.3, -0.25) is 4.90 Å². The van der Waals surface area contributed by atoms with Gasteiger partial charge in [0.1, 0.15) is 0 Å². The minimum absolute atomic E-state index is 0.282. The van der Waals surface area contributed by atoms with Gasteiger partial charge in [0, 0.05) is 19.6 Å². The first kappa shape index (κ1) is 15.8. The number of benzene rings is 2. The number of hydrogen-bond acceptors (Lipinski definition) is 3. The third-order valence-corrected chi connectivity index (χ3v) is 4.60. The van der Waals surface area contributed by atoms with Crippen molar-refractivity contribution in [3.8, 4) is 0 Å². The monoisotopic (exact) mass is 309 g/mol. The SMILES string of the molecule is CCc1cccc2c1CCN(Cc1ccc(C(=O)OC)cc1)C2. The standard InChI is InChI=1S/C20H23NO2/c1-3-16-5-4-6-18-14-21(12-11-19(16)18)13-15-7-9-17(10-8-15)20(22)23-2/h4-10H,3,11-14H2,1-2H3. The van der Waals surface area contributed by atoms with Crippen molar-refractivity contribution >= 4 is 5.97 Å². The molecule has 120 valence electrons. The maximum atomic E-state index is 11.5. The number of rotatable bonds is 4. The summed E-state index contributed by atoms with van der Waals surface area (Å²) in [7, 11) is 1.41. The number of ether oxygens (including phenoxy) is 1. The van der Waals surface area contributed by atoms with Crippen molar-refractivity contribution in [2.45, 2.75) is 32.9 Å². The number of hydrogen-bond donors (Lipinski definition) is 0. The van der Waals surface area contributed by atoms with Gasteiger partial charge in [-0.1, -0.05) is 37.3 Å². The molecule has 0 N–H and O–H groups in total. The zero-order valence-electron chi connectivity index (χ0n) is 13.8. The molecule has 0 unspecified atom stereocenters. The summed E-state index contributed by atoms with van der Waals surface area (Å²) >= 11 is 0. The Labute approximate surface area is 137 Å². The van der Waals surface area contributed by atoms with Crippen LogP contribution >= 0.6 is 0 Å². The van der Waals surface area contributed by atoms with E-state index in [1.807, 2.05) is 24.3 Å². The molecule has 3 heteroatoms. The average Bonchev–Trinajstić information content (AvgIpc) is 2.61. The van der Waals surface area contributed by atoms with Crippen molar-refractivity contribution in [1.82, 2.24) is 4.90 Å². The third-order valence-electron chi connectivity index (χ3n) is 4.60. The summed E-state index contributed by atoms with van der Waals surface area (Å²) < 4.78 is 4.74. The molecule has 1 heterocycles. The molecule has 2 aromatic carbocycles. The molecule has 0 spiro atoms. The van der Waals surface area contributed by atoms with E-state index in [-0.39, 0.29) is 5.97 Å². The van der Waals surface area contributed by atoms with Gasteiger partial charge >= 0.3 is 5.97 Å². The van der Waals surface area contributed by atoms with Gasteiger partial charge in [-0.25, -0.2) is 4.79 Å². The Kier molecular flexibility index (Phi) is 4.77. The van der Waals surface area contributed by atoms with Gasteiger partial charge in [0.25, 0.3) is 0 Å². The number of carbonyl (C=O) groups is 1. The van der Waals surface area contributed by atoms with E-state index in [9.17, 15) is 4.79 Å². The summed E-state index contributed by atoms with van der Waals surface area (Å²) in [5.74, 6) is -0.282. The second-order valence-corrected chi connectivity index (χ2v) is 6.06. The lowest BCUT2D eigenvalue weighted by atomic mass is 9.93. The predicted octanol–water partition coefficient (Wildman–Crippen LogP) is 3.59. The van der Waals surface area contributed by atoms with Gasteiger partial charge in [0.2, 0.25) is 0 Å². The van der Waals surface area contributed by atoms with Crippen molar-refractivity contribution in [2.24, 2.45) is 0 Å². The van der Waals surface area contributed by atoms with Crippen molar-refractivity contribution in [2.75, 3.05) is 13.7 Å². The molecule has 3 nitrogen and oxygen atoms in total. The molecule has 0 radical (unpaired) electrons. The highest BCUT2D eigenvalue weighted by molar-refractivity contribution is 5.89. The molecule has 23 heavy (non-hydrogen) atoms. The van der Waals surface area contributed by atoms with Crippen LogP contribution < -0.4 is 0 Å². The molecule has 0 aliphatic carbocycles. The molecular formula is C20H23NO2. The quantitative estimate of drug-likeness (QED) is 0.808. The highest BCUT2D eigenvalue weighted by Crippen LogP contribution is 2.24. The van der Waals surface area contributed by atoms with Gasteiger partial charge in [-0.15, -0.1) is 0 Å². The largest absolute Gasteiger partial charge is 0.465 e. The number of carbonyl (C=O) groups excluding carboxylic acids is 1. The van der Waals surface area contributed by atoms with Gasteiger partial charge in [0.05, 0.1) is 12.7 Å². The van der Waals surface area contributed by atoms with Crippen LogP contribution in [0.2, 0.25) is 0 Å². The topological polar surface area (TPSA) is 29.5 Å². The van der Waals surface area contributed by atoms with Crippen LogP contribution in [0.3, 0.4) is 0 Å². The van der Waals surface area contributed by atoms with Crippen LogP contribution in [0.1, 0.15) is 39.5 Å². The van der Waals surface area contributed by atoms with Crippen molar-refractivity contribution in [3.05, 3.63) is 70.3 Å². The third kappa shape index (κ3) is 3.45. The van der Waals surface area contributed by atoms with E-state index in [0.717, 1.165) is 32.5 Å². The van der Waals surface area contributed by atoms with E-state index < -0.39 is 0 Å². The van der Waals surface area contributed by atoms with Crippen LogP contribution in [0.5, 0.6) is 0 Å². The molecule has 0 bridgehead atoms. The lowest BCUT2D eigenvalue weighted by Gasteiger charge is -2.30. The molecule has 0 aromatic heterocycles. The molecule has 1 aliphatic rings. The van der Waals surface area contributed by atoms with Gasteiger partial charge in [-0.05, 0) is 47.2 Å². The normalized spacial score (nSPS) is 14.3. The Morgan fingerprint density at radius 2 is 1.96 bits per heavy atom. The Morgan fingerprint density at radius 1 is 1.17 bits per heavy atom. The van der Waals surface area contributed by atoms with Crippen LogP contribution in [-0.4, -0.2) is 24.5 Å². The van der Waals surface area contributed by atoms with Gasteiger partial charge < -0.3 is 4.74 Å². The predicted molar refractivity (Wildman–Crippen MR) is 91.4 cm³/mol. The minimum Gasteiger partial charge on any atom is -0.465 e. The molecule has 0 amide bonds. The fraction of sp³-hybridized carbons (Fsp3) is 0.350. The van der Waals surface area contributed by atoms with E-state index in [1.54, 1.807) is 5.56 Å². The number of aryl methyl sites for hydroxylation is 1. The van der Waals surface area contributed by atoms with E-state index in [1.165, 1.54) is 23.8 Å². The zero-order chi connectivity index (χ0) is 16.2. The van der Waals surface area contributed by atoms with Crippen LogP contribution in [0.15, 0.2) is 42.5 Å². The first-order valence-corrected chi connectivity index (χ1v) is 8.20. The smallest absolute Gasteiger partial charge is 0.337 e. The van der Waals surface area contributed by atoms with Crippen LogP contribution in [0, 0.1) is 0 Å². The van der Waals surface area contributed by atoms with E-state index >= 15 is 0 Å². The second kappa shape index (κ2) is 6.97. The van der Waals surface area contributed by atoms with E-state index in [2.05, 4.69) is 30.0 Å². The van der Waals surface area contributed by atoms with Crippen molar-refractivity contribution in [3.63, 3.8) is 0 Å². The van der Waals surface area contributed by atoms with Crippen LogP contribution in [0.4, 0.5) is 0 Å². The molecule has 0 atom stereocenters. The summed E-state index contributed by atoms with van der Waals surface area (Å²) in [6.07, 6.45) is 2.23. The Bertz CT molecular complexity index is 691. The number of esters is 1. The molecule has 0 fully saturated rings. The molecule has 0 saturated carbocycles. The van der Waals surface area contributed by atoms with Crippen LogP contribution in [-0.2, 0) is 30.7 Å². The number of methoxy groups -OCH3 is 1. The first-order valence-electron chi connectivity index (χ1n) is 8.20. The van der Waals surface area contributed by atoms with Crippen molar-refractivity contribution in [1.29, 1.82) is 0 Å². The molecule has 2 aromatic rings. The summed E-state index contributed by atoms with van der Waals surface area (Å²) in [6, 6.07) is 14.4. The number of fused-ring (bicyclic) bond motifs is 1. The highest BCUT2D eigenvalue weighted by atomic mass is 16.5. The molecule has 1 aliphatic heterocycles. The molecule has 0 saturated heterocycles. The lowest BCUT2D eigenvalue weighted by Crippen LogP contribution is -2.30. The summed E-state index contributed by atoms with van der Waals surface area (Å²) in [6.45, 7) is 5.23. The Balaban J connectivity index is 1.69. The summed E-state index contributed by atoms with van der Waals surface area (Å²) in [5.41, 5.74) is 6.33. The van der Waals surface area contributed by atoms with Gasteiger partial charge in [0.15, 0.2) is 0 Å². The fourth-order valence-electron chi connectivity index (χ4n) is 3.34. The maximum Gasteiger partial charge on any atom is 0.337 e. The van der Waals surface area contributed by atoms with Gasteiger partial charge in [-0.2, -0.15) is 0 Å².